The Labute approximate surface area is 77.1 Å². The van der Waals surface area contributed by atoms with Gasteiger partial charge in [0, 0.05) is 0 Å². The molecule has 1 aliphatic carbocycles. The summed E-state index contributed by atoms with van der Waals surface area (Å²) in [5.74, 6) is 0. The van der Waals surface area contributed by atoms with E-state index in [-0.39, 0.29) is 0 Å². The van der Waals surface area contributed by atoms with Gasteiger partial charge in [0.15, 0.2) is 0 Å². The molecule has 12 heavy (non-hydrogen) atoms. The lowest BCUT2D eigenvalue weighted by atomic mass is 9.83. The van der Waals surface area contributed by atoms with Gasteiger partial charge in [0.25, 0.3) is 0 Å². The second kappa shape index (κ2) is 4.11. The lowest BCUT2D eigenvalue weighted by Gasteiger charge is -2.23. The minimum absolute atomic E-state index is 0.588. The molecule has 0 spiro atoms. The SMILES string of the molecule is C=C1CCCCC(C)(C)CCC1. The van der Waals surface area contributed by atoms with Gasteiger partial charge in [-0.05, 0) is 43.9 Å². The second-order valence-corrected chi connectivity index (χ2v) is 4.97. The van der Waals surface area contributed by atoms with Gasteiger partial charge in [0.2, 0.25) is 0 Å². The maximum atomic E-state index is 4.11. The van der Waals surface area contributed by atoms with Gasteiger partial charge in [-0.1, -0.05) is 32.4 Å². The van der Waals surface area contributed by atoms with Gasteiger partial charge in [-0.2, -0.15) is 0 Å². The molecule has 1 fully saturated rings. The molecular weight excluding hydrogens is 144 g/mol. The number of rotatable bonds is 0. The molecule has 0 radical (unpaired) electrons. The van der Waals surface area contributed by atoms with Crippen LogP contribution in [0.3, 0.4) is 0 Å². The average molecular weight is 166 g/mol. The van der Waals surface area contributed by atoms with E-state index in [9.17, 15) is 0 Å². The van der Waals surface area contributed by atoms with Crippen LogP contribution in [-0.4, -0.2) is 0 Å². The number of hydrogen-bond acceptors (Lipinski definition) is 0. The Bertz CT molecular complexity index is 153. The molecule has 0 heterocycles. The van der Waals surface area contributed by atoms with Crippen molar-refractivity contribution in [3.63, 3.8) is 0 Å². The molecule has 0 atom stereocenters. The molecule has 0 nitrogen and oxygen atoms in total. The van der Waals surface area contributed by atoms with Gasteiger partial charge < -0.3 is 0 Å². The minimum Gasteiger partial charge on any atom is -0.0999 e. The first-order valence-electron chi connectivity index (χ1n) is 5.27. The Hall–Kier alpha value is -0.260. The number of allylic oxidation sites excluding steroid dienone is 1. The first-order chi connectivity index (χ1) is 5.60. The van der Waals surface area contributed by atoms with E-state index in [0.29, 0.717) is 5.41 Å². The highest BCUT2D eigenvalue weighted by atomic mass is 14.2. The fourth-order valence-corrected chi connectivity index (χ4v) is 2.05. The minimum atomic E-state index is 0.588. The Balaban J connectivity index is 2.42. The van der Waals surface area contributed by atoms with Crippen molar-refractivity contribution in [2.24, 2.45) is 5.41 Å². The largest absolute Gasteiger partial charge is 0.0999 e. The lowest BCUT2D eigenvalue weighted by molar-refractivity contribution is 0.294. The van der Waals surface area contributed by atoms with E-state index in [1.54, 1.807) is 0 Å². The Morgan fingerprint density at radius 1 is 1.00 bits per heavy atom. The summed E-state index contributed by atoms with van der Waals surface area (Å²) in [7, 11) is 0. The van der Waals surface area contributed by atoms with Gasteiger partial charge in [0.1, 0.15) is 0 Å². The molecule has 0 aliphatic heterocycles. The Morgan fingerprint density at radius 3 is 2.33 bits per heavy atom. The van der Waals surface area contributed by atoms with Gasteiger partial charge in [-0.15, -0.1) is 0 Å². The summed E-state index contributed by atoms with van der Waals surface area (Å²) in [6, 6.07) is 0. The lowest BCUT2D eigenvalue weighted by Crippen LogP contribution is -2.10. The van der Waals surface area contributed by atoms with Gasteiger partial charge in [-0.25, -0.2) is 0 Å². The predicted molar refractivity (Wildman–Crippen MR) is 55.2 cm³/mol. The van der Waals surface area contributed by atoms with Crippen LogP contribution in [0.15, 0.2) is 12.2 Å². The molecule has 0 aromatic carbocycles. The summed E-state index contributed by atoms with van der Waals surface area (Å²) in [4.78, 5) is 0. The van der Waals surface area contributed by atoms with Gasteiger partial charge >= 0.3 is 0 Å². The molecule has 1 aliphatic rings. The first-order valence-corrected chi connectivity index (χ1v) is 5.27. The summed E-state index contributed by atoms with van der Waals surface area (Å²) in [6.45, 7) is 8.91. The highest BCUT2D eigenvalue weighted by Gasteiger charge is 2.18. The molecule has 70 valence electrons. The summed E-state index contributed by atoms with van der Waals surface area (Å²) in [5, 5.41) is 0. The molecule has 0 unspecified atom stereocenters. The van der Waals surface area contributed by atoms with Crippen molar-refractivity contribution in [3.05, 3.63) is 12.2 Å². The number of hydrogen-bond donors (Lipinski definition) is 0. The highest BCUT2D eigenvalue weighted by Crippen LogP contribution is 2.32. The highest BCUT2D eigenvalue weighted by molar-refractivity contribution is 4.94. The van der Waals surface area contributed by atoms with Crippen LogP contribution in [0.25, 0.3) is 0 Å². The summed E-state index contributed by atoms with van der Waals surface area (Å²) in [5.41, 5.74) is 2.07. The van der Waals surface area contributed by atoms with E-state index in [4.69, 9.17) is 0 Å². The van der Waals surface area contributed by atoms with E-state index in [1.165, 1.54) is 50.5 Å². The van der Waals surface area contributed by atoms with E-state index in [2.05, 4.69) is 20.4 Å². The molecule has 0 heteroatoms. The molecule has 0 bridgehead atoms. The van der Waals surface area contributed by atoms with Crippen molar-refractivity contribution in [1.82, 2.24) is 0 Å². The third kappa shape index (κ3) is 3.42. The second-order valence-electron chi connectivity index (χ2n) is 4.97. The van der Waals surface area contributed by atoms with Gasteiger partial charge in [-0.3, -0.25) is 0 Å². The zero-order valence-corrected chi connectivity index (χ0v) is 8.66. The summed E-state index contributed by atoms with van der Waals surface area (Å²) >= 11 is 0. The molecule has 0 aromatic rings. The van der Waals surface area contributed by atoms with E-state index in [1.807, 2.05) is 0 Å². The molecule has 1 saturated carbocycles. The average Bonchev–Trinajstić information content (AvgIpc) is 2.02. The van der Waals surface area contributed by atoms with Crippen LogP contribution in [0.1, 0.15) is 58.8 Å². The third-order valence-corrected chi connectivity index (χ3v) is 3.02. The van der Waals surface area contributed by atoms with Crippen LogP contribution in [-0.2, 0) is 0 Å². The van der Waals surface area contributed by atoms with Crippen molar-refractivity contribution in [2.75, 3.05) is 0 Å². The first kappa shape index (κ1) is 9.83. The normalized spacial score (nSPS) is 25.7. The fourth-order valence-electron chi connectivity index (χ4n) is 2.05. The van der Waals surface area contributed by atoms with Crippen molar-refractivity contribution >= 4 is 0 Å². The van der Waals surface area contributed by atoms with Gasteiger partial charge in [0.05, 0.1) is 0 Å². The molecule has 1 rings (SSSR count). The van der Waals surface area contributed by atoms with E-state index >= 15 is 0 Å². The molecule has 0 saturated heterocycles. The van der Waals surface area contributed by atoms with Crippen LogP contribution >= 0.6 is 0 Å². The van der Waals surface area contributed by atoms with Crippen molar-refractivity contribution in [2.45, 2.75) is 58.8 Å². The zero-order chi connectivity index (χ0) is 9.03. The zero-order valence-electron chi connectivity index (χ0n) is 8.66. The van der Waals surface area contributed by atoms with Crippen molar-refractivity contribution < 1.29 is 0 Å². The molecule has 0 N–H and O–H groups in total. The standard InChI is InChI=1S/C12H22/c1-11-7-4-5-9-12(2,3)10-6-8-11/h1,4-10H2,2-3H3. The molecule has 0 aromatic heterocycles. The van der Waals surface area contributed by atoms with Crippen LogP contribution < -0.4 is 0 Å². The predicted octanol–water partition coefficient (Wildman–Crippen LogP) is 4.31. The Kier molecular flexibility index (Phi) is 3.37. The maximum Gasteiger partial charge on any atom is -0.0323 e. The van der Waals surface area contributed by atoms with Crippen LogP contribution in [0.2, 0.25) is 0 Å². The van der Waals surface area contributed by atoms with Crippen LogP contribution in [0.5, 0.6) is 0 Å². The van der Waals surface area contributed by atoms with Crippen LogP contribution in [0, 0.1) is 5.41 Å². The van der Waals surface area contributed by atoms with Crippen molar-refractivity contribution in [1.29, 1.82) is 0 Å². The topological polar surface area (TPSA) is 0 Å². The quantitative estimate of drug-likeness (QED) is 0.470. The summed E-state index contributed by atoms with van der Waals surface area (Å²) in [6.07, 6.45) is 9.44. The monoisotopic (exact) mass is 166 g/mol. The van der Waals surface area contributed by atoms with E-state index < -0.39 is 0 Å². The molecular formula is C12H22. The van der Waals surface area contributed by atoms with E-state index in [0.717, 1.165) is 0 Å². The summed E-state index contributed by atoms with van der Waals surface area (Å²) < 4.78 is 0. The third-order valence-electron chi connectivity index (χ3n) is 3.02. The maximum absolute atomic E-state index is 4.11. The van der Waals surface area contributed by atoms with Crippen LogP contribution in [0.4, 0.5) is 0 Å². The molecule has 0 amide bonds. The Morgan fingerprint density at radius 2 is 1.58 bits per heavy atom. The fraction of sp³-hybridized carbons (Fsp3) is 0.833. The smallest absolute Gasteiger partial charge is 0.0323 e. The van der Waals surface area contributed by atoms with Crippen molar-refractivity contribution in [3.8, 4) is 0 Å².